The Bertz CT molecular complexity index is 432. The molecule has 0 amide bonds. The van der Waals surface area contributed by atoms with Gasteiger partial charge >= 0.3 is 23.9 Å². The lowest BCUT2D eigenvalue weighted by atomic mass is 10.3. The van der Waals surface area contributed by atoms with Gasteiger partial charge in [-0.1, -0.05) is 0 Å². The normalized spacial score (nSPS) is 10.3. The fraction of sp³-hybridized carbons (Fsp3) is 0.750. The lowest BCUT2D eigenvalue weighted by Gasteiger charge is -2.18. The van der Waals surface area contributed by atoms with Crippen LogP contribution in [0.1, 0.15) is 25.7 Å². The lowest BCUT2D eigenvalue weighted by Crippen LogP contribution is -2.31. The molecule has 0 aliphatic rings. The molecule has 0 rings (SSSR count). The Morgan fingerprint density at radius 2 is 1.19 bits per heavy atom. The van der Waals surface area contributed by atoms with Crippen molar-refractivity contribution in [2.24, 2.45) is 0 Å². The van der Waals surface area contributed by atoms with E-state index < -0.39 is 30.0 Å². The Balaban J connectivity index is 4.46. The van der Waals surface area contributed by atoms with Crippen LogP contribution in [0.4, 0.5) is 0 Å². The van der Waals surface area contributed by atoms with E-state index in [0.29, 0.717) is 11.5 Å². The van der Waals surface area contributed by atoms with Gasteiger partial charge in [0.25, 0.3) is 0 Å². The predicted octanol–water partition coefficient (Wildman–Crippen LogP) is 1.44. The molecular formula is C16H26O8S2. The van der Waals surface area contributed by atoms with E-state index in [0.717, 1.165) is 0 Å². The first-order valence-corrected chi connectivity index (χ1v) is 10.8. The molecule has 0 aromatic rings. The molecule has 0 spiro atoms. The third-order valence-electron chi connectivity index (χ3n) is 2.94. The average molecular weight is 411 g/mol. The molecule has 10 heteroatoms. The van der Waals surface area contributed by atoms with Crippen molar-refractivity contribution < 1.29 is 38.1 Å². The molecule has 26 heavy (non-hydrogen) atoms. The summed E-state index contributed by atoms with van der Waals surface area (Å²) in [5, 5.41) is 0. The van der Waals surface area contributed by atoms with Crippen LogP contribution in [0.15, 0.2) is 0 Å². The Morgan fingerprint density at radius 1 is 0.731 bits per heavy atom. The zero-order valence-corrected chi connectivity index (χ0v) is 16.9. The molecule has 150 valence electrons. The van der Waals surface area contributed by atoms with Crippen LogP contribution in [0.2, 0.25) is 0 Å². The van der Waals surface area contributed by atoms with Crippen molar-refractivity contribution in [2.45, 2.75) is 31.8 Å². The van der Waals surface area contributed by atoms with E-state index in [1.54, 1.807) is 0 Å². The highest BCUT2D eigenvalue weighted by molar-refractivity contribution is 7.98. The fourth-order valence-corrected chi connectivity index (χ4v) is 2.30. The van der Waals surface area contributed by atoms with Crippen molar-refractivity contribution in [1.29, 1.82) is 0 Å². The van der Waals surface area contributed by atoms with Crippen LogP contribution >= 0.6 is 23.5 Å². The number of methoxy groups -OCH3 is 1. The number of ether oxygens (including phenoxy) is 4. The molecule has 0 radical (unpaired) electrons. The second-order valence-electron chi connectivity index (χ2n) is 5.04. The van der Waals surface area contributed by atoms with Gasteiger partial charge in [0.2, 0.25) is 0 Å². The molecule has 0 aromatic heterocycles. The standard InChI is InChI=1S/C16H26O8S2/c1-21-13(17)4-5-16(20)24-12(10-22-14(18)6-8-25-2)11-23-15(19)7-9-26-3/h12H,4-11H2,1-3H3. The number of hydrogen-bond acceptors (Lipinski definition) is 10. The summed E-state index contributed by atoms with van der Waals surface area (Å²) in [4.78, 5) is 46.0. The minimum Gasteiger partial charge on any atom is -0.469 e. The van der Waals surface area contributed by atoms with Gasteiger partial charge in [0.05, 0.1) is 32.8 Å². The quantitative estimate of drug-likeness (QED) is 0.308. The number of hydrogen-bond donors (Lipinski definition) is 0. The molecule has 0 unspecified atom stereocenters. The van der Waals surface area contributed by atoms with E-state index in [9.17, 15) is 19.2 Å². The van der Waals surface area contributed by atoms with Gasteiger partial charge < -0.3 is 18.9 Å². The molecule has 0 atom stereocenters. The molecule has 0 fully saturated rings. The van der Waals surface area contributed by atoms with Gasteiger partial charge in [0.1, 0.15) is 13.2 Å². The van der Waals surface area contributed by atoms with Crippen molar-refractivity contribution in [3.05, 3.63) is 0 Å². The summed E-state index contributed by atoms with van der Waals surface area (Å²) in [5.41, 5.74) is 0. The van der Waals surface area contributed by atoms with Crippen molar-refractivity contribution in [2.75, 3.05) is 44.3 Å². The summed E-state index contributed by atoms with van der Waals surface area (Å²) in [7, 11) is 1.22. The van der Waals surface area contributed by atoms with Gasteiger partial charge in [-0.05, 0) is 12.5 Å². The van der Waals surface area contributed by atoms with Crippen LogP contribution in [0.3, 0.4) is 0 Å². The molecular weight excluding hydrogens is 384 g/mol. The van der Waals surface area contributed by atoms with Gasteiger partial charge in [-0.15, -0.1) is 0 Å². The summed E-state index contributed by atoms with van der Waals surface area (Å²) >= 11 is 3.01. The molecule has 8 nitrogen and oxygen atoms in total. The van der Waals surface area contributed by atoms with Gasteiger partial charge in [0.15, 0.2) is 6.10 Å². The van der Waals surface area contributed by atoms with Gasteiger partial charge in [0, 0.05) is 11.5 Å². The monoisotopic (exact) mass is 410 g/mol. The largest absolute Gasteiger partial charge is 0.469 e. The Labute approximate surface area is 162 Å². The highest BCUT2D eigenvalue weighted by atomic mass is 32.2. The molecule has 0 saturated heterocycles. The van der Waals surface area contributed by atoms with Crippen LogP contribution in [0, 0.1) is 0 Å². The smallest absolute Gasteiger partial charge is 0.306 e. The van der Waals surface area contributed by atoms with E-state index in [-0.39, 0.29) is 38.9 Å². The Morgan fingerprint density at radius 3 is 1.62 bits per heavy atom. The molecule has 0 saturated carbocycles. The first-order valence-electron chi connectivity index (χ1n) is 7.98. The van der Waals surface area contributed by atoms with Crippen molar-refractivity contribution >= 4 is 47.4 Å². The topological polar surface area (TPSA) is 105 Å². The van der Waals surface area contributed by atoms with E-state index in [1.165, 1.54) is 30.6 Å². The van der Waals surface area contributed by atoms with Crippen LogP contribution in [0.25, 0.3) is 0 Å². The van der Waals surface area contributed by atoms with E-state index in [4.69, 9.17) is 14.2 Å². The van der Waals surface area contributed by atoms with Crippen LogP contribution in [-0.4, -0.2) is 74.3 Å². The Hall–Kier alpha value is -1.42. The van der Waals surface area contributed by atoms with E-state index in [1.807, 2.05) is 12.5 Å². The van der Waals surface area contributed by atoms with Crippen molar-refractivity contribution in [1.82, 2.24) is 0 Å². The van der Waals surface area contributed by atoms with E-state index >= 15 is 0 Å². The van der Waals surface area contributed by atoms with Crippen molar-refractivity contribution in [3.8, 4) is 0 Å². The summed E-state index contributed by atoms with van der Waals surface area (Å²) in [6.07, 6.45) is 2.99. The maximum Gasteiger partial charge on any atom is 0.306 e. The minimum absolute atomic E-state index is 0.122. The molecule has 0 aliphatic carbocycles. The molecule has 0 aliphatic heterocycles. The first kappa shape index (κ1) is 24.6. The van der Waals surface area contributed by atoms with E-state index in [2.05, 4.69) is 4.74 Å². The van der Waals surface area contributed by atoms with Gasteiger partial charge in [-0.3, -0.25) is 19.2 Å². The number of rotatable bonds is 14. The highest BCUT2D eigenvalue weighted by Crippen LogP contribution is 2.05. The fourth-order valence-electron chi connectivity index (χ4n) is 1.55. The molecule has 0 aromatic carbocycles. The third kappa shape index (κ3) is 13.8. The summed E-state index contributed by atoms with van der Waals surface area (Å²) < 4.78 is 19.7. The second-order valence-corrected chi connectivity index (χ2v) is 7.01. The maximum absolute atomic E-state index is 11.8. The van der Waals surface area contributed by atoms with Crippen LogP contribution < -0.4 is 0 Å². The number of carbonyl (C=O) groups excluding carboxylic acids is 4. The zero-order valence-electron chi connectivity index (χ0n) is 15.3. The number of esters is 4. The Kier molecular flexibility index (Phi) is 14.9. The van der Waals surface area contributed by atoms with Crippen LogP contribution in [0.5, 0.6) is 0 Å². The van der Waals surface area contributed by atoms with Gasteiger partial charge in [-0.2, -0.15) is 23.5 Å². The third-order valence-corrected chi connectivity index (χ3v) is 4.16. The second kappa shape index (κ2) is 15.8. The summed E-state index contributed by atoms with van der Waals surface area (Å²) in [6, 6.07) is 0. The number of thioether (sulfide) groups is 2. The highest BCUT2D eigenvalue weighted by Gasteiger charge is 2.20. The predicted molar refractivity (Wildman–Crippen MR) is 99.0 cm³/mol. The maximum atomic E-state index is 11.8. The first-order chi connectivity index (χ1) is 12.4. The average Bonchev–Trinajstić information content (AvgIpc) is 2.64. The van der Waals surface area contributed by atoms with Crippen LogP contribution in [-0.2, 0) is 38.1 Å². The van der Waals surface area contributed by atoms with Crippen molar-refractivity contribution in [3.63, 3.8) is 0 Å². The molecule has 0 bridgehead atoms. The molecule has 0 heterocycles. The zero-order chi connectivity index (χ0) is 19.8. The summed E-state index contributed by atoms with van der Waals surface area (Å²) in [5.74, 6) is -0.823. The number of carbonyl (C=O) groups is 4. The lowest BCUT2D eigenvalue weighted by molar-refractivity contribution is -0.167. The SMILES string of the molecule is COC(=O)CCC(=O)OC(COC(=O)CCSC)COC(=O)CCSC. The van der Waals surface area contributed by atoms with Gasteiger partial charge in [-0.25, -0.2) is 0 Å². The minimum atomic E-state index is -0.920. The molecule has 0 N–H and O–H groups in total. The summed E-state index contributed by atoms with van der Waals surface area (Å²) in [6.45, 7) is -0.431.